The van der Waals surface area contributed by atoms with E-state index in [0.717, 1.165) is 12.1 Å². The molecule has 1 aliphatic heterocycles. The lowest BCUT2D eigenvalue weighted by atomic mass is 9.96. The molecule has 14 heavy (non-hydrogen) atoms. The molecule has 0 saturated carbocycles. The third-order valence-corrected chi connectivity index (χ3v) is 2.61. The predicted octanol–water partition coefficient (Wildman–Crippen LogP) is 1.57. The molecule has 0 amide bonds. The van der Waals surface area contributed by atoms with Gasteiger partial charge in [-0.05, 0) is 13.0 Å². The first-order chi connectivity index (χ1) is 6.60. The van der Waals surface area contributed by atoms with Crippen LogP contribution in [-0.4, -0.2) is 17.8 Å². The van der Waals surface area contributed by atoms with Crippen molar-refractivity contribution in [2.45, 2.75) is 18.6 Å². The molecule has 0 radical (unpaired) electrons. The summed E-state index contributed by atoms with van der Waals surface area (Å²) in [6.45, 7) is 1.44. The van der Waals surface area contributed by atoms with E-state index in [0.29, 0.717) is 0 Å². The van der Waals surface area contributed by atoms with Crippen LogP contribution in [0.5, 0.6) is 0 Å². The molecule has 0 spiro atoms. The largest absolute Gasteiger partial charge is 0.393 e. The highest BCUT2D eigenvalue weighted by Gasteiger charge is 2.55. The van der Waals surface area contributed by atoms with Gasteiger partial charge in [0.1, 0.15) is 17.2 Å². The number of benzene rings is 1. The van der Waals surface area contributed by atoms with Gasteiger partial charge in [-0.2, -0.15) is 0 Å². The summed E-state index contributed by atoms with van der Waals surface area (Å²) in [5.41, 5.74) is -0.744. The number of rotatable bonds is 2. The summed E-state index contributed by atoms with van der Waals surface area (Å²) >= 11 is 0. The molecule has 2 rings (SSSR count). The molecule has 1 aromatic carbocycles. The molecule has 1 aliphatic rings. The third-order valence-electron chi connectivity index (χ3n) is 2.61. The van der Waals surface area contributed by atoms with Gasteiger partial charge < -0.3 is 9.84 Å². The van der Waals surface area contributed by atoms with Gasteiger partial charge >= 0.3 is 0 Å². The van der Waals surface area contributed by atoms with Gasteiger partial charge in [0.25, 0.3) is 0 Å². The minimum atomic E-state index is -0.961. The summed E-state index contributed by atoms with van der Waals surface area (Å²) in [5, 5.41) is 9.09. The Kier molecular flexibility index (Phi) is 2.05. The van der Waals surface area contributed by atoms with Gasteiger partial charge in [0, 0.05) is 11.6 Å². The molecule has 4 heteroatoms. The summed E-state index contributed by atoms with van der Waals surface area (Å²) in [4.78, 5) is 0. The molecular weight excluding hydrogens is 190 g/mol. The van der Waals surface area contributed by atoms with Crippen molar-refractivity contribution in [1.29, 1.82) is 0 Å². The lowest BCUT2D eigenvalue weighted by Crippen LogP contribution is -2.18. The molecule has 0 aliphatic carbocycles. The van der Waals surface area contributed by atoms with E-state index in [1.807, 2.05) is 0 Å². The molecule has 2 atom stereocenters. The number of ether oxygens (including phenoxy) is 1. The Morgan fingerprint density at radius 2 is 2.14 bits per heavy atom. The normalized spacial score (nSPS) is 30.4. The van der Waals surface area contributed by atoms with Crippen LogP contribution in [0.15, 0.2) is 18.2 Å². The second-order valence-electron chi connectivity index (χ2n) is 3.43. The molecule has 1 saturated heterocycles. The van der Waals surface area contributed by atoms with Gasteiger partial charge in [0.05, 0.1) is 12.7 Å². The van der Waals surface area contributed by atoms with Crippen molar-refractivity contribution in [2.75, 3.05) is 6.61 Å². The van der Waals surface area contributed by atoms with Crippen molar-refractivity contribution in [2.24, 2.45) is 0 Å². The molecule has 2 nitrogen and oxygen atoms in total. The fourth-order valence-corrected chi connectivity index (χ4v) is 1.65. The predicted molar refractivity (Wildman–Crippen MR) is 45.7 cm³/mol. The van der Waals surface area contributed by atoms with E-state index in [1.54, 1.807) is 6.92 Å². The lowest BCUT2D eigenvalue weighted by molar-refractivity contribution is 0.169. The maximum Gasteiger partial charge on any atom is 0.145 e. The van der Waals surface area contributed by atoms with Crippen LogP contribution in [0.2, 0.25) is 0 Å². The standard InChI is InChI=1S/C10H10F2O2/c1-6-10(5-13,14-6)8-3-2-7(11)4-9(8)12/h2-4,6,13H,5H2,1H3/t6-,10+/m0/s1. The molecule has 0 bridgehead atoms. The highest BCUT2D eigenvalue weighted by Crippen LogP contribution is 2.46. The first-order valence-electron chi connectivity index (χ1n) is 4.34. The van der Waals surface area contributed by atoms with E-state index in [4.69, 9.17) is 9.84 Å². The summed E-state index contributed by atoms with van der Waals surface area (Å²) in [6.07, 6.45) is -0.229. The number of aliphatic hydroxyl groups excluding tert-OH is 1. The Balaban J connectivity index is 2.42. The molecule has 0 unspecified atom stereocenters. The molecule has 76 valence electrons. The zero-order valence-electron chi connectivity index (χ0n) is 7.63. The molecule has 1 N–H and O–H groups in total. The van der Waals surface area contributed by atoms with Crippen molar-refractivity contribution in [3.8, 4) is 0 Å². The second kappa shape index (κ2) is 3.00. The van der Waals surface area contributed by atoms with E-state index >= 15 is 0 Å². The fourth-order valence-electron chi connectivity index (χ4n) is 1.65. The quantitative estimate of drug-likeness (QED) is 0.735. The van der Waals surface area contributed by atoms with Crippen LogP contribution in [0.25, 0.3) is 0 Å². The molecular formula is C10H10F2O2. The maximum absolute atomic E-state index is 13.3. The lowest BCUT2D eigenvalue weighted by Gasteiger charge is -2.10. The van der Waals surface area contributed by atoms with Gasteiger partial charge in [0.2, 0.25) is 0 Å². The van der Waals surface area contributed by atoms with Crippen molar-refractivity contribution < 1.29 is 18.6 Å². The highest BCUT2D eigenvalue weighted by atomic mass is 19.1. The van der Waals surface area contributed by atoms with E-state index in [9.17, 15) is 8.78 Å². The average Bonchev–Trinajstić information content (AvgIpc) is 2.78. The van der Waals surface area contributed by atoms with Crippen LogP contribution < -0.4 is 0 Å². The third kappa shape index (κ3) is 1.22. The van der Waals surface area contributed by atoms with E-state index < -0.39 is 17.2 Å². The van der Waals surface area contributed by atoms with E-state index in [-0.39, 0.29) is 18.3 Å². The first-order valence-corrected chi connectivity index (χ1v) is 4.34. The van der Waals surface area contributed by atoms with Crippen molar-refractivity contribution in [3.63, 3.8) is 0 Å². The monoisotopic (exact) mass is 200 g/mol. The van der Waals surface area contributed by atoms with Crippen LogP contribution in [0.4, 0.5) is 8.78 Å². The Morgan fingerprint density at radius 1 is 1.50 bits per heavy atom. The van der Waals surface area contributed by atoms with E-state index in [1.165, 1.54) is 6.07 Å². The number of hydrogen-bond acceptors (Lipinski definition) is 2. The second-order valence-corrected chi connectivity index (χ2v) is 3.43. The highest BCUT2D eigenvalue weighted by molar-refractivity contribution is 5.31. The van der Waals surface area contributed by atoms with Crippen molar-refractivity contribution in [3.05, 3.63) is 35.4 Å². The van der Waals surface area contributed by atoms with Gasteiger partial charge in [-0.1, -0.05) is 6.07 Å². The maximum atomic E-state index is 13.3. The van der Waals surface area contributed by atoms with Crippen LogP contribution in [0, 0.1) is 11.6 Å². The SMILES string of the molecule is C[C@@H]1O[C@@]1(CO)c1ccc(F)cc1F. The fraction of sp³-hybridized carbons (Fsp3) is 0.400. The smallest absolute Gasteiger partial charge is 0.145 e. The minimum absolute atomic E-state index is 0.217. The Morgan fingerprint density at radius 3 is 2.57 bits per heavy atom. The Labute approximate surface area is 80.1 Å². The van der Waals surface area contributed by atoms with Crippen LogP contribution >= 0.6 is 0 Å². The number of hydrogen-bond donors (Lipinski definition) is 1. The molecule has 1 heterocycles. The summed E-state index contributed by atoms with van der Waals surface area (Å²) < 4.78 is 31.1. The Hall–Kier alpha value is -1.00. The van der Waals surface area contributed by atoms with Crippen molar-refractivity contribution in [1.82, 2.24) is 0 Å². The van der Waals surface area contributed by atoms with E-state index in [2.05, 4.69) is 0 Å². The minimum Gasteiger partial charge on any atom is -0.393 e. The zero-order valence-corrected chi connectivity index (χ0v) is 7.63. The molecule has 1 aromatic rings. The van der Waals surface area contributed by atoms with Gasteiger partial charge in [0.15, 0.2) is 0 Å². The topological polar surface area (TPSA) is 32.8 Å². The van der Waals surface area contributed by atoms with Crippen LogP contribution in [-0.2, 0) is 10.3 Å². The van der Waals surface area contributed by atoms with Gasteiger partial charge in [-0.3, -0.25) is 0 Å². The van der Waals surface area contributed by atoms with Crippen LogP contribution in [0.1, 0.15) is 12.5 Å². The van der Waals surface area contributed by atoms with Crippen LogP contribution in [0.3, 0.4) is 0 Å². The average molecular weight is 200 g/mol. The van der Waals surface area contributed by atoms with Gasteiger partial charge in [-0.15, -0.1) is 0 Å². The number of halogens is 2. The Bertz CT molecular complexity index is 363. The molecule has 1 fully saturated rings. The summed E-state index contributed by atoms with van der Waals surface area (Å²) in [5.74, 6) is -1.31. The number of aliphatic hydroxyl groups is 1. The zero-order chi connectivity index (χ0) is 10.3. The summed E-state index contributed by atoms with van der Waals surface area (Å²) in [7, 11) is 0. The molecule has 0 aromatic heterocycles. The number of epoxide rings is 1. The first kappa shape index (κ1) is 9.55. The van der Waals surface area contributed by atoms with Crippen molar-refractivity contribution >= 4 is 0 Å². The van der Waals surface area contributed by atoms with Gasteiger partial charge in [-0.25, -0.2) is 8.78 Å². The summed E-state index contributed by atoms with van der Waals surface area (Å²) in [6, 6.07) is 3.26.